The maximum Gasteiger partial charge on any atom is 0.258 e. The Hall–Kier alpha value is -3.87. The van der Waals surface area contributed by atoms with Crippen molar-refractivity contribution in [3.8, 4) is 11.5 Å². The first-order valence-corrected chi connectivity index (χ1v) is 9.69. The van der Waals surface area contributed by atoms with Crippen LogP contribution in [0.3, 0.4) is 0 Å². The minimum absolute atomic E-state index is 0.204. The van der Waals surface area contributed by atoms with E-state index in [1.165, 1.54) is 37.3 Å². The van der Waals surface area contributed by atoms with Gasteiger partial charge in [-0.3, -0.25) is 9.59 Å². The van der Waals surface area contributed by atoms with Gasteiger partial charge in [0.05, 0.1) is 25.8 Å². The van der Waals surface area contributed by atoms with Crippen LogP contribution in [0.4, 0.5) is 10.1 Å². The molecule has 158 valence electrons. The van der Waals surface area contributed by atoms with Gasteiger partial charge in [0.1, 0.15) is 23.9 Å². The molecule has 1 heterocycles. The third kappa shape index (κ3) is 3.94. The van der Waals surface area contributed by atoms with Crippen LogP contribution in [-0.4, -0.2) is 37.5 Å². The number of nitrogens with zero attached hydrogens (tertiary/aromatic N) is 1. The molecular weight excluding hydrogens is 399 g/mol. The van der Waals surface area contributed by atoms with Gasteiger partial charge in [-0.25, -0.2) is 4.39 Å². The van der Waals surface area contributed by atoms with E-state index in [1.54, 1.807) is 18.2 Å². The van der Waals surface area contributed by atoms with E-state index in [4.69, 9.17) is 9.47 Å². The number of carbonyl (C=O) groups is 2. The van der Waals surface area contributed by atoms with Crippen molar-refractivity contribution in [1.82, 2.24) is 4.90 Å². The van der Waals surface area contributed by atoms with Gasteiger partial charge in [0.15, 0.2) is 0 Å². The fourth-order valence-electron chi connectivity index (χ4n) is 3.79. The Morgan fingerprint density at radius 1 is 1.03 bits per heavy atom. The van der Waals surface area contributed by atoms with Crippen molar-refractivity contribution < 1.29 is 23.5 Å². The molecule has 1 atom stereocenters. The van der Waals surface area contributed by atoms with Crippen LogP contribution in [0, 0.1) is 5.82 Å². The zero-order chi connectivity index (χ0) is 22.0. The highest BCUT2D eigenvalue weighted by Crippen LogP contribution is 2.38. The summed E-state index contributed by atoms with van der Waals surface area (Å²) in [5, 5.41) is 2.78. The number of anilines is 1. The van der Waals surface area contributed by atoms with Crippen LogP contribution in [0.1, 0.15) is 27.5 Å². The Kier molecular flexibility index (Phi) is 5.58. The standard InChI is InChI=1S/C24H21FN2O4/c1-30-17-9-10-18(21(13-17)31-2)24(29)27-14-22(28)26-20-11-8-16(25)12-19(20)23(27)15-6-4-3-5-7-15/h3-13,23H,14H2,1-2H3,(H,26,28). The highest BCUT2D eigenvalue weighted by molar-refractivity contribution is 6.03. The maximum atomic E-state index is 14.2. The van der Waals surface area contributed by atoms with E-state index in [0.717, 1.165) is 5.56 Å². The number of halogens is 1. The number of nitrogens with one attached hydrogen (secondary N) is 1. The van der Waals surface area contributed by atoms with Gasteiger partial charge in [-0.15, -0.1) is 0 Å². The molecule has 0 spiro atoms. The predicted octanol–water partition coefficient (Wildman–Crippen LogP) is 4.03. The van der Waals surface area contributed by atoms with E-state index in [2.05, 4.69) is 5.32 Å². The normalized spacial score (nSPS) is 15.5. The van der Waals surface area contributed by atoms with Crippen molar-refractivity contribution in [3.63, 3.8) is 0 Å². The second kappa shape index (κ2) is 8.47. The number of rotatable bonds is 4. The van der Waals surface area contributed by atoms with E-state index in [0.29, 0.717) is 22.7 Å². The first kappa shape index (κ1) is 20.4. The summed E-state index contributed by atoms with van der Waals surface area (Å²) in [6, 6.07) is 17.6. The summed E-state index contributed by atoms with van der Waals surface area (Å²) in [6.07, 6.45) is 0. The Bertz CT molecular complexity index is 1130. The molecule has 3 aromatic rings. The zero-order valence-electron chi connectivity index (χ0n) is 17.1. The molecule has 7 heteroatoms. The molecule has 1 N–H and O–H groups in total. The average Bonchev–Trinajstić information content (AvgIpc) is 2.94. The third-order valence-electron chi connectivity index (χ3n) is 5.22. The molecular formula is C24H21FN2O4. The number of hydrogen-bond acceptors (Lipinski definition) is 4. The van der Waals surface area contributed by atoms with Crippen molar-refractivity contribution in [1.29, 1.82) is 0 Å². The van der Waals surface area contributed by atoms with Crippen LogP contribution in [0.5, 0.6) is 11.5 Å². The van der Waals surface area contributed by atoms with E-state index in [1.807, 2.05) is 30.3 Å². The average molecular weight is 420 g/mol. The summed E-state index contributed by atoms with van der Waals surface area (Å²) in [7, 11) is 2.98. The number of benzene rings is 3. The van der Waals surface area contributed by atoms with Crippen LogP contribution in [0.25, 0.3) is 0 Å². The fourth-order valence-corrected chi connectivity index (χ4v) is 3.79. The van der Waals surface area contributed by atoms with Crippen LogP contribution >= 0.6 is 0 Å². The lowest BCUT2D eigenvalue weighted by molar-refractivity contribution is -0.117. The van der Waals surface area contributed by atoms with Gasteiger partial charge >= 0.3 is 0 Å². The van der Waals surface area contributed by atoms with Crippen LogP contribution in [-0.2, 0) is 4.79 Å². The topological polar surface area (TPSA) is 67.9 Å². The van der Waals surface area contributed by atoms with Crippen molar-refractivity contribution in [3.05, 3.63) is 89.2 Å². The molecule has 1 aliphatic heterocycles. The van der Waals surface area contributed by atoms with Gasteiger partial charge in [-0.05, 0) is 35.9 Å². The molecule has 4 rings (SSSR count). The van der Waals surface area contributed by atoms with Crippen LogP contribution in [0.15, 0.2) is 66.7 Å². The summed E-state index contributed by atoms with van der Waals surface area (Å²) >= 11 is 0. The number of amides is 2. The van der Waals surface area contributed by atoms with Crippen molar-refractivity contribution in [2.45, 2.75) is 6.04 Å². The molecule has 0 aliphatic carbocycles. The van der Waals surface area contributed by atoms with E-state index in [-0.39, 0.29) is 18.0 Å². The Morgan fingerprint density at radius 2 is 1.81 bits per heavy atom. The number of carbonyl (C=O) groups excluding carboxylic acids is 2. The number of hydrogen-bond donors (Lipinski definition) is 1. The minimum Gasteiger partial charge on any atom is -0.497 e. The van der Waals surface area contributed by atoms with Crippen molar-refractivity contribution >= 4 is 17.5 Å². The summed E-state index contributed by atoms with van der Waals surface area (Å²) in [6.45, 7) is -0.204. The highest BCUT2D eigenvalue weighted by Gasteiger charge is 2.35. The first-order valence-electron chi connectivity index (χ1n) is 9.69. The Labute approximate surface area is 179 Å². The molecule has 1 aliphatic rings. The van der Waals surface area contributed by atoms with Gasteiger partial charge in [-0.1, -0.05) is 30.3 Å². The lowest BCUT2D eigenvalue weighted by atomic mass is 9.95. The second-order valence-electron chi connectivity index (χ2n) is 7.09. The fraction of sp³-hybridized carbons (Fsp3) is 0.167. The third-order valence-corrected chi connectivity index (χ3v) is 5.22. The molecule has 3 aromatic carbocycles. The summed E-state index contributed by atoms with van der Waals surface area (Å²) in [5.41, 5.74) is 2.00. The van der Waals surface area contributed by atoms with Crippen LogP contribution in [0.2, 0.25) is 0 Å². The molecule has 0 radical (unpaired) electrons. The SMILES string of the molecule is COc1ccc(C(=O)N2CC(=O)Nc3ccc(F)cc3C2c2ccccc2)c(OC)c1. The molecule has 0 saturated carbocycles. The lowest BCUT2D eigenvalue weighted by Gasteiger charge is -2.31. The lowest BCUT2D eigenvalue weighted by Crippen LogP contribution is -2.39. The predicted molar refractivity (Wildman–Crippen MR) is 114 cm³/mol. The highest BCUT2D eigenvalue weighted by atomic mass is 19.1. The maximum absolute atomic E-state index is 14.2. The smallest absolute Gasteiger partial charge is 0.258 e. The van der Waals surface area contributed by atoms with Gasteiger partial charge in [0, 0.05) is 17.3 Å². The number of ether oxygens (including phenoxy) is 2. The Morgan fingerprint density at radius 3 is 2.52 bits per heavy atom. The van der Waals surface area contributed by atoms with Crippen LogP contribution < -0.4 is 14.8 Å². The van der Waals surface area contributed by atoms with Gasteiger partial charge in [0.2, 0.25) is 5.91 Å². The monoisotopic (exact) mass is 420 g/mol. The van der Waals surface area contributed by atoms with Gasteiger partial charge in [0.25, 0.3) is 5.91 Å². The van der Waals surface area contributed by atoms with Crippen molar-refractivity contribution in [2.75, 3.05) is 26.1 Å². The molecule has 6 nitrogen and oxygen atoms in total. The Balaban J connectivity index is 1.88. The second-order valence-corrected chi connectivity index (χ2v) is 7.09. The molecule has 0 saturated heterocycles. The summed E-state index contributed by atoms with van der Waals surface area (Å²) < 4.78 is 24.8. The first-order chi connectivity index (χ1) is 15.0. The molecule has 0 bridgehead atoms. The van der Waals surface area contributed by atoms with E-state index < -0.39 is 17.8 Å². The minimum atomic E-state index is -0.676. The van der Waals surface area contributed by atoms with E-state index in [9.17, 15) is 14.0 Å². The number of fused-ring (bicyclic) bond motifs is 1. The summed E-state index contributed by atoms with van der Waals surface area (Å²) in [4.78, 5) is 27.8. The molecule has 1 unspecified atom stereocenters. The largest absolute Gasteiger partial charge is 0.497 e. The van der Waals surface area contributed by atoms with Gasteiger partial charge in [-0.2, -0.15) is 0 Å². The molecule has 0 aromatic heterocycles. The van der Waals surface area contributed by atoms with Gasteiger partial charge < -0.3 is 19.7 Å². The molecule has 0 fully saturated rings. The molecule has 2 amide bonds. The quantitative estimate of drug-likeness (QED) is 0.692. The zero-order valence-corrected chi connectivity index (χ0v) is 17.1. The summed E-state index contributed by atoms with van der Waals surface area (Å²) in [5.74, 6) is -0.382. The molecule has 31 heavy (non-hydrogen) atoms. The number of methoxy groups -OCH3 is 2. The van der Waals surface area contributed by atoms with E-state index >= 15 is 0 Å². The van der Waals surface area contributed by atoms with Crippen molar-refractivity contribution in [2.24, 2.45) is 0 Å².